The molecular formula is C14H12ClNO5. The number of esters is 1. The first-order chi connectivity index (χ1) is 10.2. The van der Waals surface area contributed by atoms with Crippen LogP contribution in [0.15, 0.2) is 12.3 Å². The van der Waals surface area contributed by atoms with Gasteiger partial charge in [0, 0.05) is 11.6 Å². The summed E-state index contributed by atoms with van der Waals surface area (Å²) >= 11 is 6.31. The zero-order valence-corrected chi connectivity index (χ0v) is 12.2. The van der Waals surface area contributed by atoms with Crippen molar-refractivity contribution in [3.63, 3.8) is 0 Å². The van der Waals surface area contributed by atoms with Crippen molar-refractivity contribution in [2.45, 2.75) is 6.92 Å². The van der Waals surface area contributed by atoms with E-state index in [-0.39, 0.29) is 24.0 Å². The molecule has 0 saturated heterocycles. The number of pyridine rings is 1. The van der Waals surface area contributed by atoms with Crippen LogP contribution in [0.25, 0.3) is 10.9 Å². The third-order valence-corrected chi connectivity index (χ3v) is 3.50. The van der Waals surface area contributed by atoms with Crippen LogP contribution in [-0.2, 0) is 4.74 Å². The second-order valence-electron chi connectivity index (χ2n) is 4.25. The molecule has 1 aliphatic heterocycles. The minimum Gasteiger partial charge on any atom is -0.493 e. The van der Waals surface area contributed by atoms with Crippen molar-refractivity contribution >= 4 is 28.5 Å². The van der Waals surface area contributed by atoms with Crippen molar-refractivity contribution in [2.75, 3.05) is 20.5 Å². The van der Waals surface area contributed by atoms with Crippen LogP contribution in [0.2, 0.25) is 5.02 Å². The van der Waals surface area contributed by atoms with Gasteiger partial charge in [-0.05, 0) is 13.0 Å². The number of fused-ring (bicyclic) bond motifs is 3. The van der Waals surface area contributed by atoms with Crippen LogP contribution in [-0.4, -0.2) is 31.5 Å². The second kappa shape index (κ2) is 5.29. The molecule has 0 saturated carbocycles. The lowest BCUT2D eigenvalue weighted by molar-refractivity contribution is 0.0526. The molecule has 0 unspecified atom stereocenters. The molecule has 0 amide bonds. The lowest BCUT2D eigenvalue weighted by Gasteiger charge is -2.10. The van der Waals surface area contributed by atoms with Gasteiger partial charge in [0.15, 0.2) is 11.5 Å². The highest BCUT2D eigenvalue weighted by molar-refractivity contribution is 6.38. The molecule has 0 atom stereocenters. The number of rotatable bonds is 3. The first-order valence-corrected chi connectivity index (χ1v) is 6.67. The van der Waals surface area contributed by atoms with E-state index in [1.807, 2.05) is 0 Å². The van der Waals surface area contributed by atoms with Gasteiger partial charge in [-0.3, -0.25) is 4.98 Å². The summed E-state index contributed by atoms with van der Waals surface area (Å²) in [7, 11) is 1.51. The fourth-order valence-corrected chi connectivity index (χ4v) is 2.42. The van der Waals surface area contributed by atoms with E-state index in [2.05, 4.69) is 4.98 Å². The van der Waals surface area contributed by atoms with Crippen LogP contribution in [0.1, 0.15) is 17.3 Å². The molecule has 1 aromatic carbocycles. The number of ether oxygens (including phenoxy) is 4. The summed E-state index contributed by atoms with van der Waals surface area (Å²) in [5.41, 5.74) is 0.716. The summed E-state index contributed by atoms with van der Waals surface area (Å²) in [5, 5.41) is 0.790. The maximum Gasteiger partial charge on any atom is 0.341 e. The number of hydrogen-bond acceptors (Lipinski definition) is 6. The Morgan fingerprint density at radius 1 is 1.43 bits per heavy atom. The monoisotopic (exact) mass is 309 g/mol. The number of carbonyl (C=O) groups is 1. The average molecular weight is 310 g/mol. The van der Waals surface area contributed by atoms with E-state index in [0.29, 0.717) is 28.2 Å². The predicted octanol–water partition coefficient (Wildman–Crippen LogP) is 2.80. The van der Waals surface area contributed by atoms with Gasteiger partial charge in [-0.15, -0.1) is 0 Å². The van der Waals surface area contributed by atoms with Crippen molar-refractivity contribution in [2.24, 2.45) is 0 Å². The molecule has 3 rings (SSSR count). The quantitative estimate of drug-likeness (QED) is 0.812. The maximum absolute atomic E-state index is 11.9. The van der Waals surface area contributed by atoms with Gasteiger partial charge in [-0.2, -0.15) is 0 Å². The van der Waals surface area contributed by atoms with Gasteiger partial charge in [-0.25, -0.2) is 4.79 Å². The third kappa shape index (κ3) is 2.12. The second-order valence-corrected chi connectivity index (χ2v) is 4.62. The smallest absolute Gasteiger partial charge is 0.341 e. The molecule has 0 radical (unpaired) electrons. The molecule has 0 fully saturated rings. The van der Waals surface area contributed by atoms with Crippen LogP contribution >= 0.6 is 11.6 Å². The Morgan fingerprint density at radius 3 is 2.90 bits per heavy atom. The Labute approximate surface area is 125 Å². The third-order valence-electron chi connectivity index (χ3n) is 3.09. The summed E-state index contributed by atoms with van der Waals surface area (Å²) in [6.07, 6.45) is 1.37. The van der Waals surface area contributed by atoms with Crippen LogP contribution in [0.4, 0.5) is 0 Å². The molecule has 0 bridgehead atoms. The zero-order valence-electron chi connectivity index (χ0n) is 11.4. The lowest BCUT2D eigenvalue weighted by Crippen LogP contribution is -2.06. The highest BCUT2D eigenvalue weighted by Gasteiger charge is 2.26. The fourth-order valence-electron chi connectivity index (χ4n) is 2.15. The Hall–Kier alpha value is -2.21. The van der Waals surface area contributed by atoms with Gasteiger partial charge >= 0.3 is 5.97 Å². The van der Waals surface area contributed by atoms with Crippen molar-refractivity contribution < 1.29 is 23.7 Å². The van der Waals surface area contributed by atoms with E-state index >= 15 is 0 Å². The van der Waals surface area contributed by atoms with Gasteiger partial charge in [-0.1, -0.05) is 11.6 Å². The number of halogens is 1. The Kier molecular flexibility index (Phi) is 3.47. The molecular weight excluding hydrogens is 298 g/mol. The first kappa shape index (κ1) is 13.8. The van der Waals surface area contributed by atoms with E-state index in [1.54, 1.807) is 13.0 Å². The number of benzene rings is 1. The summed E-state index contributed by atoms with van der Waals surface area (Å²) < 4.78 is 21.0. The highest BCUT2D eigenvalue weighted by atomic mass is 35.5. The average Bonchev–Trinajstić information content (AvgIpc) is 2.96. The van der Waals surface area contributed by atoms with Crippen molar-refractivity contribution in [3.8, 4) is 17.2 Å². The number of aromatic nitrogens is 1. The molecule has 21 heavy (non-hydrogen) atoms. The molecule has 7 heteroatoms. The van der Waals surface area contributed by atoms with Gasteiger partial charge in [0.05, 0.1) is 24.3 Å². The Morgan fingerprint density at radius 2 is 2.19 bits per heavy atom. The summed E-state index contributed by atoms with van der Waals surface area (Å²) in [6.45, 7) is 2.07. The van der Waals surface area contributed by atoms with Crippen LogP contribution in [0, 0.1) is 0 Å². The van der Waals surface area contributed by atoms with Crippen molar-refractivity contribution in [1.29, 1.82) is 0 Å². The normalized spacial score (nSPS) is 12.5. The molecule has 0 N–H and O–H groups in total. The number of nitrogens with zero attached hydrogens (tertiary/aromatic N) is 1. The molecule has 1 aromatic heterocycles. The standard InChI is InChI=1S/C14H12ClNO5/c1-3-19-14(17)8-5-16-11-7(10(8)15)4-9(18-2)12-13(11)21-6-20-12/h4-5H,3,6H2,1-2H3. The minimum absolute atomic E-state index is 0.0870. The number of carbonyl (C=O) groups excluding carboxylic acids is 1. The minimum atomic E-state index is -0.520. The molecule has 2 aromatic rings. The van der Waals surface area contributed by atoms with Crippen LogP contribution in [0.3, 0.4) is 0 Å². The van der Waals surface area contributed by atoms with E-state index in [1.165, 1.54) is 13.3 Å². The molecule has 0 spiro atoms. The topological polar surface area (TPSA) is 66.9 Å². The zero-order chi connectivity index (χ0) is 15.0. The first-order valence-electron chi connectivity index (χ1n) is 6.29. The van der Waals surface area contributed by atoms with Crippen LogP contribution < -0.4 is 14.2 Å². The molecule has 6 nitrogen and oxygen atoms in total. The van der Waals surface area contributed by atoms with Gasteiger partial charge in [0.2, 0.25) is 12.5 Å². The summed E-state index contributed by atoms with van der Waals surface area (Å²) in [4.78, 5) is 16.1. The highest BCUT2D eigenvalue weighted by Crippen LogP contribution is 2.47. The molecule has 0 aliphatic carbocycles. The maximum atomic E-state index is 11.9. The molecule has 2 heterocycles. The van der Waals surface area contributed by atoms with Crippen molar-refractivity contribution in [3.05, 3.63) is 22.8 Å². The SMILES string of the molecule is CCOC(=O)c1cnc2c3c(c(OC)cc2c1Cl)OCO3. The van der Waals surface area contributed by atoms with E-state index in [4.69, 9.17) is 30.5 Å². The van der Waals surface area contributed by atoms with Crippen LogP contribution in [0.5, 0.6) is 17.2 Å². The van der Waals surface area contributed by atoms with E-state index < -0.39 is 5.97 Å². The fraction of sp³-hybridized carbons (Fsp3) is 0.286. The largest absolute Gasteiger partial charge is 0.493 e. The summed E-state index contributed by atoms with van der Waals surface area (Å²) in [6, 6.07) is 1.67. The van der Waals surface area contributed by atoms with Gasteiger partial charge < -0.3 is 18.9 Å². The van der Waals surface area contributed by atoms with Gasteiger partial charge in [0.1, 0.15) is 5.52 Å². The van der Waals surface area contributed by atoms with Crippen molar-refractivity contribution in [1.82, 2.24) is 4.98 Å². The number of hydrogen-bond donors (Lipinski definition) is 0. The predicted molar refractivity (Wildman–Crippen MR) is 75.4 cm³/mol. The summed E-state index contributed by atoms with van der Waals surface area (Å²) in [5.74, 6) is 0.896. The number of methoxy groups -OCH3 is 1. The lowest BCUT2D eigenvalue weighted by atomic mass is 10.1. The molecule has 1 aliphatic rings. The van der Waals surface area contributed by atoms with Gasteiger partial charge in [0.25, 0.3) is 0 Å². The Bertz CT molecular complexity index is 731. The van der Waals surface area contributed by atoms with E-state index in [9.17, 15) is 4.79 Å². The Balaban J connectivity index is 2.24. The van der Waals surface area contributed by atoms with E-state index in [0.717, 1.165) is 0 Å². The molecule has 110 valence electrons.